The maximum absolute atomic E-state index is 12.8. The van der Waals surface area contributed by atoms with E-state index in [0.29, 0.717) is 19.3 Å². The molecule has 0 rings (SSSR count). The van der Waals surface area contributed by atoms with Gasteiger partial charge in [-0.05, 0) is 64.2 Å². The minimum Gasteiger partial charge on any atom is -0.462 e. The van der Waals surface area contributed by atoms with E-state index in [9.17, 15) is 14.4 Å². The number of unbranched alkanes of at least 4 members (excludes halogenated alkanes) is 33. The molecule has 0 fully saturated rings. The predicted molar refractivity (Wildman–Crippen MR) is 275 cm³/mol. The Morgan fingerprint density at radius 3 is 0.984 bits per heavy atom. The van der Waals surface area contributed by atoms with Crippen LogP contribution in [0.2, 0.25) is 0 Å². The summed E-state index contributed by atoms with van der Waals surface area (Å²) in [5.41, 5.74) is 0. The fourth-order valence-electron chi connectivity index (χ4n) is 7.97. The minimum atomic E-state index is -0.783. The van der Waals surface area contributed by atoms with Crippen molar-refractivity contribution in [3.8, 4) is 0 Å². The first-order chi connectivity index (χ1) is 31.5. The summed E-state index contributed by atoms with van der Waals surface area (Å²) in [7, 11) is 0. The summed E-state index contributed by atoms with van der Waals surface area (Å²) < 4.78 is 16.8. The molecule has 64 heavy (non-hydrogen) atoms. The quantitative estimate of drug-likeness (QED) is 0.0199. The largest absolute Gasteiger partial charge is 0.462 e. The summed E-state index contributed by atoms with van der Waals surface area (Å²) in [6.07, 6.45) is 63.8. The van der Waals surface area contributed by atoms with Gasteiger partial charge in [0.05, 0.1) is 0 Å². The van der Waals surface area contributed by atoms with Gasteiger partial charge in [-0.25, -0.2) is 0 Å². The van der Waals surface area contributed by atoms with Crippen LogP contribution in [0.25, 0.3) is 0 Å². The van der Waals surface area contributed by atoms with Gasteiger partial charge in [-0.3, -0.25) is 14.4 Å². The number of rotatable bonds is 50. The van der Waals surface area contributed by atoms with Crippen molar-refractivity contribution in [2.24, 2.45) is 0 Å². The van der Waals surface area contributed by atoms with Crippen molar-refractivity contribution in [2.45, 2.75) is 290 Å². The van der Waals surface area contributed by atoms with Crippen molar-refractivity contribution in [3.05, 3.63) is 48.6 Å². The first kappa shape index (κ1) is 61.4. The highest BCUT2D eigenvalue weighted by Crippen LogP contribution is 2.16. The molecule has 0 aromatic carbocycles. The number of allylic oxidation sites excluding steroid dienone is 8. The molecule has 6 heteroatoms. The molecule has 0 amide bonds. The number of carbonyl (C=O) groups is 3. The Bertz CT molecular complexity index is 1120. The molecule has 0 aliphatic heterocycles. The molecule has 6 nitrogen and oxygen atoms in total. The highest BCUT2D eigenvalue weighted by Gasteiger charge is 2.19. The van der Waals surface area contributed by atoms with Gasteiger partial charge in [0, 0.05) is 19.3 Å². The summed E-state index contributed by atoms with van der Waals surface area (Å²) >= 11 is 0. The van der Waals surface area contributed by atoms with Crippen LogP contribution < -0.4 is 0 Å². The Kier molecular flexibility index (Phi) is 50.8. The third-order valence-electron chi connectivity index (χ3n) is 12.1. The first-order valence-corrected chi connectivity index (χ1v) is 27.7. The molecular weight excluding hydrogens is 793 g/mol. The normalized spacial score (nSPS) is 12.4. The van der Waals surface area contributed by atoms with E-state index in [2.05, 4.69) is 69.4 Å². The van der Waals surface area contributed by atoms with E-state index in [0.717, 1.165) is 96.3 Å². The third kappa shape index (κ3) is 50.4. The smallest absolute Gasteiger partial charge is 0.306 e. The molecule has 0 N–H and O–H groups in total. The Morgan fingerprint density at radius 2 is 0.625 bits per heavy atom. The summed E-state index contributed by atoms with van der Waals surface area (Å²) in [5, 5.41) is 0. The van der Waals surface area contributed by atoms with Crippen LogP contribution in [-0.4, -0.2) is 37.2 Å². The number of ether oxygens (including phenoxy) is 3. The van der Waals surface area contributed by atoms with Crippen LogP contribution in [0.4, 0.5) is 0 Å². The number of hydrogen-bond acceptors (Lipinski definition) is 6. The van der Waals surface area contributed by atoms with Gasteiger partial charge in [0.15, 0.2) is 6.10 Å². The van der Waals surface area contributed by atoms with E-state index >= 15 is 0 Å². The van der Waals surface area contributed by atoms with Crippen LogP contribution in [0.1, 0.15) is 284 Å². The Morgan fingerprint density at radius 1 is 0.328 bits per heavy atom. The summed E-state index contributed by atoms with van der Waals surface area (Å²) in [6.45, 7) is 6.51. The monoisotopic (exact) mass is 897 g/mol. The van der Waals surface area contributed by atoms with Gasteiger partial charge in [-0.15, -0.1) is 0 Å². The molecule has 0 aliphatic rings. The predicted octanol–water partition coefficient (Wildman–Crippen LogP) is 18.3. The fraction of sp³-hybridized carbons (Fsp3) is 0.810. The van der Waals surface area contributed by atoms with Crippen molar-refractivity contribution in [1.82, 2.24) is 0 Å². The van der Waals surface area contributed by atoms with E-state index in [1.54, 1.807) is 0 Å². The number of esters is 3. The van der Waals surface area contributed by atoms with Crippen molar-refractivity contribution in [2.75, 3.05) is 13.2 Å². The molecule has 0 bridgehead atoms. The van der Waals surface area contributed by atoms with Crippen LogP contribution in [0, 0.1) is 0 Å². The Labute approximate surface area is 397 Å². The second-order valence-electron chi connectivity index (χ2n) is 18.5. The fourth-order valence-corrected chi connectivity index (χ4v) is 7.97. The van der Waals surface area contributed by atoms with Crippen LogP contribution in [0.3, 0.4) is 0 Å². The lowest BCUT2D eigenvalue weighted by Gasteiger charge is -2.18. The van der Waals surface area contributed by atoms with Crippen LogP contribution in [0.15, 0.2) is 48.6 Å². The summed E-state index contributed by atoms with van der Waals surface area (Å²) in [4.78, 5) is 38.1. The minimum absolute atomic E-state index is 0.0804. The molecule has 0 aromatic rings. The molecule has 0 radical (unpaired) electrons. The number of carbonyl (C=O) groups excluding carboxylic acids is 3. The maximum atomic E-state index is 12.8. The van der Waals surface area contributed by atoms with E-state index in [1.165, 1.54) is 148 Å². The van der Waals surface area contributed by atoms with E-state index in [4.69, 9.17) is 14.2 Å². The average molecular weight is 897 g/mol. The van der Waals surface area contributed by atoms with Crippen LogP contribution >= 0.6 is 0 Å². The third-order valence-corrected chi connectivity index (χ3v) is 12.1. The molecule has 372 valence electrons. The maximum Gasteiger partial charge on any atom is 0.306 e. The number of hydrogen-bond donors (Lipinski definition) is 0. The second-order valence-corrected chi connectivity index (χ2v) is 18.5. The molecule has 0 heterocycles. The first-order valence-electron chi connectivity index (χ1n) is 27.7. The van der Waals surface area contributed by atoms with Gasteiger partial charge in [-0.2, -0.15) is 0 Å². The van der Waals surface area contributed by atoms with Gasteiger partial charge in [0.2, 0.25) is 0 Å². The summed E-state index contributed by atoms with van der Waals surface area (Å²) in [6, 6.07) is 0. The molecule has 0 saturated carbocycles. The van der Waals surface area contributed by atoms with E-state index in [1.807, 2.05) is 0 Å². The van der Waals surface area contributed by atoms with Crippen LogP contribution in [-0.2, 0) is 28.6 Å². The van der Waals surface area contributed by atoms with Crippen molar-refractivity contribution in [1.29, 1.82) is 0 Å². The molecule has 0 saturated heterocycles. The molecule has 0 aromatic heterocycles. The standard InChI is InChI=1S/C58H104O6/c1-4-7-10-13-16-19-22-25-27-29-31-33-36-39-42-45-48-51-57(60)63-54-55(53-62-56(59)50-47-44-41-38-35-32-24-21-18-15-12-9-6-3)64-58(61)52-49-46-43-40-37-34-30-28-26-23-20-17-14-11-8-5-2/h9,12,15,18,21,24,28,30,55H,4-8,10-11,13-14,16-17,19-20,22-23,25-27,29,31-54H2,1-3H3/b12-9+,18-15+,24-21+,30-28+. The van der Waals surface area contributed by atoms with Crippen LogP contribution in [0.5, 0.6) is 0 Å². The lowest BCUT2D eigenvalue weighted by molar-refractivity contribution is -0.167. The highest BCUT2D eigenvalue weighted by atomic mass is 16.6. The van der Waals surface area contributed by atoms with E-state index in [-0.39, 0.29) is 31.1 Å². The zero-order chi connectivity index (χ0) is 46.5. The molecule has 1 atom stereocenters. The zero-order valence-electron chi connectivity index (χ0n) is 42.6. The Balaban J connectivity index is 4.37. The topological polar surface area (TPSA) is 78.9 Å². The lowest BCUT2D eigenvalue weighted by atomic mass is 10.0. The average Bonchev–Trinajstić information content (AvgIpc) is 3.29. The lowest BCUT2D eigenvalue weighted by Crippen LogP contribution is -2.30. The van der Waals surface area contributed by atoms with Crippen molar-refractivity contribution < 1.29 is 28.6 Å². The molecule has 0 aliphatic carbocycles. The summed E-state index contributed by atoms with van der Waals surface area (Å²) in [5.74, 6) is -0.898. The SMILES string of the molecule is CC/C=C/C=C/C=C/CCCCCCCC(=O)OCC(COC(=O)CCCCCCCCCCCCCCCCCCC)OC(=O)CCCCCCC/C=C/CCCCCCCCC. The van der Waals surface area contributed by atoms with Gasteiger partial charge in [-0.1, -0.05) is 249 Å². The Hall–Kier alpha value is -2.63. The van der Waals surface area contributed by atoms with Gasteiger partial charge in [0.1, 0.15) is 13.2 Å². The second kappa shape index (κ2) is 53.0. The zero-order valence-corrected chi connectivity index (χ0v) is 42.6. The molecule has 0 spiro atoms. The van der Waals surface area contributed by atoms with Crippen molar-refractivity contribution >= 4 is 17.9 Å². The molecule has 1 unspecified atom stereocenters. The van der Waals surface area contributed by atoms with Gasteiger partial charge >= 0.3 is 17.9 Å². The van der Waals surface area contributed by atoms with Gasteiger partial charge < -0.3 is 14.2 Å². The molecular formula is C58H104O6. The van der Waals surface area contributed by atoms with Crippen molar-refractivity contribution in [3.63, 3.8) is 0 Å². The van der Waals surface area contributed by atoms with Gasteiger partial charge in [0.25, 0.3) is 0 Å². The van der Waals surface area contributed by atoms with E-state index < -0.39 is 6.10 Å². The highest BCUT2D eigenvalue weighted by molar-refractivity contribution is 5.71.